The first-order valence-corrected chi connectivity index (χ1v) is 13.9. The molecular formula is C30H40I2N8. The van der Waals surface area contributed by atoms with Crippen LogP contribution in [0.1, 0.15) is 75.3 Å². The Balaban J connectivity index is 0.00000220. The van der Waals surface area contributed by atoms with Crippen LogP contribution in [0.4, 0.5) is 0 Å². The molecule has 0 atom stereocenters. The number of rotatable bonds is 6. The zero-order valence-corrected chi connectivity index (χ0v) is 27.4. The van der Waals surface area contributed by atoms with Crippen molar-refractivity contribution in [1.29, 1.82) is 0 Å². The highest BCUT2D eigenvalue weighted by atomic mass is 127. The van der Waals surface area contributed by atoms with Gasteiger partial charge in [-0.05, 0) is 47.2 Å². The van der Waals surface area contributed by atoms with Crippen LogP contribution in [0.3, 0.4) is 0 Å². The monoisotopic (exact) mass is 766 g/mol. The molecule has 2 aliphatic carbocycles. The number of hydrogen-bond donors (Lipinski definition) is 4. The van der Waals surface area contributed by atoms with Crippen molar-refractivity contribution in [2.24, 2.45) is 31.7 Å². The average Bonchev–Trinajstić information content (AvgIpc) is 2.95. The van der Waals surface area contributed by atoms with Gasteiger partial charge in [-0.3, -0.25) is 0 Å². The molecule has 5 rings (SSSR count). The first-order chi connectivity index (χ1) is 18.7. The second-order valence-corrected chi connectivity index (χ2v) is 10.3. The van der Waals surface area contributed by atoms with Gasteiger partial charge in [-0.1, -0.05) is 87.1 Å². The minimum atomic E-state index is 0. The van der Waals surface area contributed by atoms with Crippen LogP contribution in [0, 0.1) is 0 Å². The molecule has 0 aliphatic heterocycles. The molecule has 6 N–H and O–H groups in total. The largest absolute Gasteiger partial charge is 0.369 e. The highest BCUT2D eigenvalue weighted by Crippen LogP contribution is 2.31. The number of hydrazone groups is 2. The Hall–Kier alpha value is -2.48. The summed E-state index contributed by atoms with van der Waals surface area (Å²) in [4.78, 5) is 9.23. The summed E-state index contributed by atoms with van der Waals surface area (Å²) in [5.41, 5.74) is 20.2. The van der Waals surface area contributed by atoms with E-state index < -0.39 is 0 Å². The van der Waals surface area contributed by atoms with E-state index in [0.717, 1.165) is 58.4 Å². The van der Waals surface area contributed by atoms with Gasteiger partial charge in [0.15, 0.2) is 0 Å². The van der Waals surface area contributed by atoms with E-state index in [1.807, 2.05) is 36.7 Å². The third-order valence-corrected chi connectivity index (χ3v) is 7.55. The van der Waals surface area contributed by atoms with Gasteiger partial charge in [-0.2, -0.15) is 10.2 Å². The lowest BCUT2D eigenvalue weighted by Gasteiger charge is -2.18. The van der Waals surface area contributed by atoms with Gasteiger partial charge in [0.2, 0.25) is 11.9 Å². The minimum Gasteiger partial charge on any atom is -0.369 e. The third-order valence-electron chi connectivity index (χ3n) is 7.55. The topological polar surface area (TPSA) is 126 Å². The molecule has 2 fully saturated rings. The minimum absolute atomic E-state index is 0. The van der Waals surface area contributed by atoms with E-state index in [1.54, 1.807) is 0 Å². The Bertz CT molecular complexity index is 1210. The summed E-state index contributed by atoms with van der Waals surface area (Å²) >= 11 is 0. The Morgan fingerprint density at radius 3 is 1.23 bits per heavy atom. The lowest BCUT2D eigenvalue weighted by molar-refractivity contribution is 0.442. The van der Waals surface area contributed by atoms with Gasteiger partial charge < -0.3 is 11.5 Å². The van der Waals surface area contributed by atoms with Gasteiger partial charge in [-0.15, -0.1) is 48.0 Å². The van der Waals surface area contributed by atoms with Crippen molar-refractivity contribution in [3.63, 3.8) is 0 Å². The van der Waals surface area contributed by atoms with Gasteiger partial charge in [0.1, 0.15) is 0 Å². The lowest BCUT2D eigenvalue weighted by Crippen LogP contribution is -2.30. The molecule has 0 spiro atoms. The molecule has 2 aliphatic rings. The second kappa shape index (κ2) is 16.1. The number of nitrogens with two attached hydrogens (primary N) is 2. The number of benzene rings is 3. The van der Waals surface area contributed by atoms with E-state index in [4.69, 9.17) is 11.5 Å². The number of fused-ring (bicyclic) bond motifs is 2. The smallest absolute Gasteiger partial charge is 0.209 e. The highest BCUT2D eigenvalue weighted by Gasteiger charge is 2.14. The first kappa shape index (κ1) is 32.0. The highest BCUT2D eigenvalue weighted by molar-refractivity contribution is 14.0. The number of hydrogen-bond acceptors (Lipinski definition) is 4. The maximum atomic E-state index is 6.14. The van der Waals surface area contributed by atoms with Gasteiger partial charge in [-0.25, -0.2) is 20.8 Å². The molecule has 8 nitrogen and oxygen atoms in total. The summed E-state index contributed by atoms with van der Waals surface area (Å²) in [6, 6.07) is 17.1. The predicted molar refractivity (Wildman–Crippen MR) is 191 cm³/mol. The molecule has 2 saturated carbocycles. The van der Waals surface area contributed by atoms with Crippen molar-refractivity contribution >= 4 is 93.8 Å². The van der Waals surface area contributed by atoms with Crippen molar-refractivity contribution in [2.45, 2.75) is 76.3 Å². The second-order valence-electron chi connectivity index (χ2n) is 10.3. The van der Waals surface area contributed by atoms with Crippen LogP contribution in [-0.4, -0.2) is 36.4 Å². The molecule has 3 aromatic carbocycles. The van der Waals surface area contributed by atoms with Gasteiger partial charge in [0.25, 0.3) is 0 Å². The van der Waals surface area contributed by atoms with E-state index in [-0.39, 0.29) is 48.0 Å². The van der Waals surface area contributed by atoms with E-state index in [2.05, 4.69) is 55.3 Å². The lowest BCUT2D eigenvalue weighted by atomic mass is 9.92. The summed E-state index contributed by atoms with van der Waals surface area (Å²) in [5, 5.41) is 13.2. The van der Waals surface area contributed by atoms with Crippen molar-refractivity contribution in [1.82, 2.24) is 10.9 Å². The molecule has 40 heavy (non-hydrogen) atoms. The van der Waals surface area contributed by atoms with Crippen LogP contribution < -0.4 is 22.3 Å². The maximum Gasteiger partial charge on any atom is 0.209 e. The number of guanidine groups is 2. The quantitative estimate of drug-likeness (QED) is 0.0766. The number of aliphatic imine (C=N–C) groups is 2. The first-order valence-electron chi connectivity index (χ1n) is 13.9. The molecule has 10 heteroatoms. The number of halogens is 2. The van der Waals surface area contributed by atoms with Crippen molar-refractivity contribution < 1.29 is 0 Å². The van der Waals surface area contributed by atoms with Crippen molar-refractivity contribution in [3.05, 3.63) is 59.7 Å². The normalized spacial score (nSPS) is 17.7. The molecule has 0 unspecified atom stereocenters. The molecule has 0 radical (unpaired) electrons. The standard InChI is InChI=1S/C30H38N8.2HI/c31-29(35-21-11-3-1-4-12-21)37-33-19-27-23-15-7-9-17-25(23)28(26-18-10-8-16-24(26)27)20-34-38-30(32)36-22-13-5-2-6-14-22;;/h7-10,15-22H,1-6,11-14H2,(H3,31,35,37)(H3,32,36,38);2*1H. The fourth-order valence-electron chi connectivity index (χ4n) is 5.67. The maximum absolute atomic E-state index is 6.14. The molecule has 0 saturated heterocycles. The predicted octanol–water partition coefficient (Wildman–Crippen LogP) is 6.37. The Kier molecular flexibility index (Phi) is 12.9. The van der Waals surface area contributed by atoms with Crippen LogP contribution in [0.15, 0.2) is 68.7 Å². The molecule has 0 amide bonds. The Morgan fingerprint density at radius 2 is 0.900 bits per heavy atom. The SMILES string of the molecule is I.I.NC(=NC1CCCCC1)NN=Cc1c2ccccc2c(C=NNC(N)=NC2CCCCC2)c2ccccc12. The van der Waals surface area contributed by atoms with E-state index in [9.17, 15) is 0 Å². The number of nitrogens with zero attached hydrogens (tertiary/aromatic N) is 4. The van der Waals surface area contributed by atoms with Crippen LogP contribution in [0.2, 0.25) is 0 Å². The Morgan fingerprint density at radius 1 is 0.575 bits per heavy atom. The average molecular weight is 767 g/mol. The zero-order chi connectivity index (χ0) is 26.2. The molecule has 0 heterocycles. The Labute approximate surface area is 270 Å². The van der Waals surface area contributed by atoms with Crippen LogP contribution in [0.25, 0.3) is 21.5 Å². The molecule has 0 aromatic heterocycles. The van der Waals surface area contributed by atoms with Crippen LogP contribution >= 0.6 is 48.0 Å². The van der Waals surface area contributed by atoms with E-state index >= 15 is 0 Å². The summed E-state index contributed by atoms with van der Waals surface area (Å²) in [6.07, 6.45) is 15.5. The summed E-state index contributed by atoms with van der Waals surface area (Å²) < 4.78 is 0. The summed E-state index contributed by atoms with van der Waals surface area (Å²) in [6.45, 7) is 0. The van der Waals surface area contributed by atoms with Gasteiger partial charge >= 0.3 is 0 Å². The van der Waals surface area contributed by atoms with E-state index in [1.165, 1.54) is 38.5 Å². The third kappa shape index (κ3) is 8.27. The van der Waals surface area contributed by atoms with Crippen molar-refractivity contribution in [3.8, 4) is 0 Å². The van der Waals surface area contributed by atoms with Crippen molar-refractivity contribution in [2.75, 3.05) is 0 Å². The van der Waals surface area contributed by atoms with E-state index in [0.29, 0.717) is 24.0 Å². The van der Waals surface area contributed by atoms with Gasteiger partial charge in [0, 0.05) is 11.1 Å². The summed E-state index contributed by atoms with van der Waals surface area (Å²) in [5.74, 6) is 0.730. The fraction of sp³-hybridized carbons (Fsp3) is 0.400. The fourth-order valence-corrected chi connectivity index (χ4v) is 5.67. The zero-order valence-electron chi connectivity index (χ0n) is 22.8. The van der Waals surface area contributed by atoms with Crippen LogP contribution in [0.5, 0.6) is 0 Å². The molecule has 214 valence electrons. The number of nitrogens with one attached hydrogen (secondary N) is 2. The molecule has 0 bridgehead atoms. The molecular weight excluding hydrogens is 726 g/mol. The molecule has 3 aromatic rings. The summed E-state index contributed by atoms with van der Waals surface area (Å²) in [7, 11) is 0. The van der Waals surface area contributed by atoms with Crippen LogP contribution in [-0.2, 0) is 0 Å². The van der Waals surface area contributed by atoms with Gasteiger partial charge in [0.05, 0.1) is 24.5 Å².